The molecule has 0 radical (unpaired) electrons. The minimum absolute atomic E-state index is 0. The summed E-state index contributed by atoms with van der Waals surface area (Å²) < 4.78 is 0.923. The Balaban J connectivity index is 0.00000160. The predicted molar refractivity (Wildman–Crippen MR) is 141 cm³/mol. The SMILES string of the molecule is CCc1cccc2c1C=C(c1ccccn1)[CH]2[Zr+2][CH]1C(c2ccccn2)=Cc2c(CC)cccc21.[Cl-].[Cl-]. The van der Waals surface area contributed by atoms with Gasteiger partial charge in [0.05, 0.1) is 0 Å². The number of halogens is 2. The first-order valence-electron chi connectivity index (χ1n) is 12.5. The summed E-state index contributed by atoms with van der Waals surface area (Å²) in [6.07, 6.45) is 10.9. The maximum Gasteiger partial charge on any atom is -1.00 e. The van der Waals surface area contributed by atoms with Gasteiger partial charge in [0.2, 0.25) is 0 Å². The molecule has 37 heavy (non-hydrogen) atoms. The van der Waals surface area contributed by atoms with Gasteiger partial charge < -0.3 is 24.8 Å². The fourth-order valence-electron chi connectivity index (χ4n) is 5.59. The van der Waals surface area contributed by atoms with E-state index in [1.54, 1.807) is 0 Å². The number of hydrogen-bond acceptors (Lipinski definition) is 2. The van der Waals surface area contributed by atoms with Gasteiger partial charge >= 0.3 is 220 Å². The van der Waals surface area contributed by atoms with Crippen LogP contribution >= 0.6 is 0 Å². The van der Waals surface area contributed by atoms with E-state index >= 15 is 0 Å². The average Bonchev–Trinajstić information content (AvgIpc) is 3.48. The summed E-state index contributed by atoms with van der Waals surface area (Å²) in [5.74, 6) is 0. The summed E-state index contributed by atoms with van der Waals surface area (Å²) in [4.78, 5) is 9.61. The van der Waals surface area contributed by atoms with Crippen molar-refractivity contribution in [3.8, 4) is 0 Å². The number of rotatable bonds is 6. The van der Waals surface area contributed by atoms with Crippen molar-refractivity contribution in [3.05, 3.63) is 130 Å². The molecular formula is C32H28Cl2N2Zr. The van der Waals surface area contributed by atoms with Crippen LogP contribution in [0.25, 0.3) is 23.3 Å². The molecule has 2 heterocycles. The zero-order valence-electron chi connectivity index (χ0n) is 21.0. The maximum absolute atomic E-state index is 4.80. The Hall–Kier alpha value is -2.32. The summed E-state index contributed by atoms with van der Waals surface area (Å²) in [5, 5.41) is 0. The average molecular weight is 603 g/mol. The van der Waals surface area contributed by atoms with Gasteiger partial charge in [-0.3, -0.25) is 0 Å². The van der Waals surface area contributed by atoms with Crippen molar-refractivity contribution in [2.75, 3.05) is 0 Å². The van der Waals surface area contributed by atoms with Crippen molar-refractivity contribution in [2.45, 2.75) is 33.9 Å². The van der Waals surface area contributed by atoms with Crippen molar-refractivity contribution in [1.82, 2.24) is 9.97 Å². The Labute approximate surface area is 243 Å². The fraction of sp³-hybridized carbons (Fsp3) is 0.188. The number of pyridine rings is 2. The third-order valence-electron chi connectivity index (χ3n) is 7.32. The van der Waals surface area contributed by atoms with Crippen LogP contribution in [-0.2, 0) is 36.1 Å². The molecule has 0 saturated heterocycles. The molecule has 2 aliphatic carbocycles. The smallest absolute Gasteiger partial charge is 1.00 e. The van der Waals surface area contributed by atoms with E-state index in [2.05, 4.69) is 86.7 Å². The van der Waals surface area contributed by atoms with Crippen LogP contribution < -0.4 is 24.8 Å². The van der Waals surface area contributed by atoms with Crippen molar-refractivity contribution in [2.24, 2.45) is 0 Å². The molecule has 2 aliphatic rings. The molecule has 6 rings (SSSR count). The zero-order valence-corrected chi connectivity index (χ0v) is 24.9. The minimum Gasteiger partial charge on any atom is -1.00 e. The Bertz CT molecular complexity index is 1340. The molecule has 0 bridgehead atoms. The summed E-state index contributed by atoms with van der Waals surface area (Å²) in [7, 11) is 0. The standard InChI is InChI=1S/2C16H14N.2ClH.Zr/c2*1-2-12-6-5-7-13-10-14(11-15(12)13)16-8-3-4-9-17-16;;;/h2*3-11H,2H2,1H3;2*1H;/q;;;;+2/p-2. The monoisotopic (exact) mass is 600 g/mol. The number of aryl methyl sites for hydroxylation is 2. The van der Waals surface area contributed by atoms with Gasteiger partial charge in [-0.1, -0.05) is 0 Å². The summed E-state index contributed by atoms with van der Waals surface area (Å²) >= 11 is -1.08. The summed E-state index contributed by atoms with van der Waals surface area (Å²) in [6.45, 7) is 4.53. The van der Waals surface area contributed by atoms with Crippen LogP contribution in [0, 0.1) is 0 Å². The molecule has 5 heteroatoms. The van der Waals surface area contributed by atoms with Crippen molar-refractivity contribution >= 4 is 23.3 Å². The van der Waals surface area contributed by atoms with E-state index in [9.17, 15) is 0 Å². The van der Waals surface area contributed by atoms with Gasteiger partial charge in [0, 0.05) is 0 Å². The normalized spacial score (nSPS) is 16.9. The maximum atomic E-state index is 4.80. The number of hydrogen-bond donors (Lipinski definition) is 0. The molecule has 184 valence electrons. The Morgan fingerprint density at radius 3 is 1.43 bits per heavy atom. The molecule has 2 aromatic heterocycles. The molecule has 2 aromatic carbocycles. The first kappa shape index (κ1) is 27.7. The third kappa shape index (κ3) is 5.07. The molecule has 0 saturated carbocycles. The summed E-state index contributed by atoms with van der Waals surface area (Å²) in [6, 6.07) is 26.5. The van der Waals surface area contributed by atoms with Gasteiger partial charge in [0.25, 0.3) is 0 Å². The van der Waals surface area contributed by atoms with E-state index in [1.165, 1.54) is 44.5 Å². The molecular weight excluding hydrogens is 574 g/mol. The number of benzene rings is 2. The molecule has 0 amide bonds. The largest absolute Gasteiger partial charge is 1.00 e. The van der Waals surface area contributed by atoms with E-state index in [4.69, 9.17) is 9.97 Å². The van der Waals surface area contributed by atoms with Crippen LogP contribution in [0.15, 0.2) is 85.2 Å². The molecule has 0 spiro atoms. The van der Waals surface area contributed by atoms with Crippen LogP contribution in [0.3, 0.4) is 0 Å². The van der Waals surface area contributed by atoms with Gasteiger partial charge in [-0.25, -0.2) is 0 Å². The molecule has 2 nitrogen and oxygen atoms in total. The van der Waals surface area contributed by atoms with Crippen LogP contribution in [-0.4, -0.2) is 9.97 Å². The quantitative estimate of drug-likeness (QED) is 0.335. The second kappa shape index (κ2) is 12.0. The van der Waals surface area contributed by atoms with E-state index < -0.39 is 23.2 Å². The van der Waals surface area contributed by atoms with Crippen molar-refractivity contribution in [3.63, 3.8) is 0 Å². The molecule has 0 fully saturated rings. The van der Waals surface area contributed by atoms with Crippen molar-refractivity contribution in [1.29, 1.82) is 0 Å². The molecule has 2 atom stereocenters. The van der Waals surface area contributed by atoms with Crippen LogP contribution in [0.1, 0.15) is 65.9 Å². The number of nitrogens with zero attached hydrogens (tertiary/aromatic N) is 2. The Kier molecular flexibility index (Phi) is 9.01. The second-order valence-corrected chi connectivity index (χ2v) is 12.9. The van der Waals surface area contributed by atoms with Crippen molar-refractivity contribution < 1.29 is 48.0 Å². The van der Waals surface area contributed by atoms with Gasteiger partial charge in [-0.15, -0.1) is 0 Å². The number of allylic oxidation sites excluding steroid dienone is 2. The van der Waals surface area contributed by atoms with Gasteiger partial charge in [-0.05, 0) is 0 Å². The predicted octanol–water partition coefficient (Wildman–Crippen LogP) is 1.58. The molecule has 4 aromatic rings. The Morgan fingerprint density at radius 1 is 0.595 bits per heavy atom. The van der Waals surface area contributed by atoms with E-state index in [0.29, 0.717) is 7.25 Å². The minimum atomic E-state index is -1.08. The van der Waals surface area contributed by atoms with Gasteiger partial charge in [0.15, 0.2) is 0 Å². The van der Waals surface area contributed by atoms with Crippen LogP contribution in [0.5, 0.6) is 0 Å². The molecule has 0 aliphatic heterocycles. The van der Waals surface area contributed by atoms with E-state index in [-0.39, 0.29) is 24.8 Å². The topological polar surface area (TPSA) is 25.8 Å². The van der Waals surface area contributed by atoms with Gasteiger partial charge in [-0.2, -0.15) is 0 Å². The first-order chi connectivity index (χ1) is 17.3. The second-order valence-electron chi connectivity index (χ2n) is 9.21. The van der Waals surface area contributed by atoms with Crippen LogP contribution in [0.4, 0.5) is 0 Å². The van der Waals surface area contributed by atoms with E-state index in [1.807, 2.05) is 24.5 Å². The fourth-order valence-corrected chi connectivity index (χ4v) is 10.5. The molecule has 0 N–H and O–H groups in total. The number of aromatic nitrogens is 2. The van der Waals surface area contributed by atoms with Crippen LogP contribution in [0.2, 0.25) is 0 Å². The van der Waals surface area contributed by atoms with Gasteiger partial charge in [0.1, 0.15) is 0 Å². The Morgan fingerprint density at radius 2 is 1.05 bits per heavy atom. The van der Waals surface area contributed by atoms with E-state index in [0.717, 1.165) is 24.2 Å². The summed E-state index contributed by atoms with van der Waals surface area (Å²) in [5.41, 5.74) is 13.9. The zero-order chi connectivity index (χ0) is 23.8. The number of fused-ring (bicyclic) bond motifs is 2. The molecule has 2 unspecified atom stereocenters. The first-order valence-corrected chi connectivity index (χ1v) is 15.4. The third-order valence-corrected chi connectivity index (χ3v) is 12.0.